The van der Waals surface area contributed by atoms with Gasteiger partial charge in [-0.25, -0.2) is 0 Å². The van der Waals surface area contributed by atoms with Crippen LogP contribution in [0.4, 0.5) is 0 Å². The molecule has 0 aliphatic rings. The highest BCUT2D eigenvalue weighted by Gasteiger charge is 2.02. The van der Waals surface area contributed by atoms with Crippen LogP contribution >= 0.6 is 0 Å². The van der Waals surface area contributed by atoms with E-state index in [1.807, 2.05) is 0 Å². The van der Waals surface area contributed by atoms with Crippen LogP contribution < -0.4 is 0 Å². The molecular weight excluding hydrogens is 208 g/mol. The summed E-state index contributed by atoms with van der Waals surface area (Å²) >= 11 is 0. The van der Waals surface area contributed by atoms with Crippen LogP contribution in [0.1, 0.15) is 51.5 Å². The predicted octanol–water partition coefficient (Wildman–Crippen LogP) is 4.60. The van der Waals surface area contributed by atoms with Crippen molar-refractivity contribution < 1.29 is 4.74 Å². The first kappa shape index (κ1) is 14.2. The lowest BCUT2D eigenvalue weighted by Crippen LogP contribution is -2.12. The lowest BCUT2D eigenvalue weighted by molar-refractivity contribution is 0.0635. The molecule has 0 spiro atoms. The normalized spacial score (nSPS) is 12.6. The number of rotatable bonds is 9. The Morgan fingerprint density at radius 3 is 2.41 bits per heavy atom. The predicted molar refractivity (Wildman–Crippen MR) is 74.3 cm³/mol. The van der Waals surface area contributed by atoms with Gasteiger partial charge in [-0.05, 0) is 25.3 Å². The molecule has 0 aliphatic carbocycles. The Hall–Kier alpha value is -0.820. The summed E-state index contributed by atoms with van der Waals surface area (Å²) in [6.07, 6.45) is 7.90. The molecule has 1 rings (SSSR count). The minimum absolute atomic E-state index is 0.337. The van der Waals surface area contributed by atoms with E-state index in [9.17, 15) is 0 Å². The average Bonchev–Trinajstić information content (AvgIpc) is 2.35. The maximum Gasteiger partial charge on any atom is 0.0587 e. The van der Waals surface area contributed by atoms with Crippen LogP contribution in [-0.4, -0.2) is 12.7 Å². The van der Waals surface area contributed by atoms with E-state index in [2.05, 4.69) is 44.2 Å². The number of ether oxygens (including phenoxy) is 1. The number of unbranched alkanes of at least 4 members (excludes halogenated alkanes) is 4. The van der Waals surface area contributed by atoms with Gasteiger partial charge in [0.25, 0.3) is 0 Å². The molecule has 0 heterocycles. The third-order valence-corrected chi connectivity index (χ3v) is 3.02. The molecule has 1 aromatic rings. The first-order chi connectivity index (χ1) is 8.33. The van der Waals surface area contributed by atoms with Crippen molar-refractivity contribution in [1.29, 1.82) is 0 Å². The van der Waals surface area contributed by atoms with Crippen molar-refractivity contribution in [1.82, 2.24) is 0 Å². The van der Waals surface area contributed by atoms with E-state index in [-0.39, 0.29) is 0 Å². The Morgan fingerprint density at radius 1 is 1.00 bits per heavy atom. The fourth-order valence-corrected chi connectivity index (χ4v) is 2.00. The van der Waals surface area contributed by atoms with Crippen LogP contribution in [0.3, 0.4) is 0 Å². The van der Waals surface area contributed by atoms with E-state index in [0.717, 1.165) is 13.0 Å². The first-order valence-electron chi connectivity index (χ1n) is 6.98. The molecule has 0 N–H and O–H groups in total. The quantitative estimate of drug-likeness (QED) is 0.567. The number of benzene rings is 1. The maximum absolute atomic E-state index is 5.83. The summed E-state index contributed by atoms with van der Waals surface area (Å²) in [5, 5.41) is 0. The van der Waals surface area contributed by atoms with Crippen molar-refractivity contribution >= 4 is 0 Å². The van der Waals surface area contributed by atoms with Gasteiger partial charge in [-0.1, -0.05) is 62.9 Å². The highest BCUT2D eigenvalue weighted by Crippen LogP contribution is 2.07. The van der Waals surface area contributed by atoms with Crippen molar-refractivity contribution in [2.45, 2.75) is 58.5 Å². The van der Waals surface area contributed by atoms with Gasteiger partial charge in [0.1, 0.15) is 0 Å². The van der Waals surface area contributed by atoms with E-state index >= 15 is 0 Å². The minimum atomic E-state index is 0.337. The summed E-state index contributed by atoms with van der Waals surface area (Å²) < 4.78 is 5.83. The van der Waals surface area contributed by atoms with Gasteiger partial charge >= 0.3 is 0 Å². The molecule has 0 aromatic heterocycles. The molecule has 1 unspecified atom stereocenters. The van der Waals surface area contributed by atoms with Crippen LogP contribution in [0.5, 0.6) is 0 Å². The molecule has 1 aromatic carbocycles. The smallest absolute Gasteiger partial charge is 0.0587 e. The Bertz CT molecular complexity index is 268. The molecule has 0 saturated carbocycles. The Labute approximate surface area is 106 Å². The summed E-state index contributed by atoms with van der Waals surface area (Å²) in [5.41, 5.74) is 1.37. The summed E-state index contributed by atoms with van der Waals surface area (Å²) in [7, 11) is 0. The average molecular weight is 234 g/mol. The fraction of sp³-hybridized carbons (Fsp3) is 0.625. The van der Waals surface area contributed by atoms with Crippen LogP contribution in [0.25, 0.3) is 0 Å². The van der Waals surface area contributed by atoms with Crippen LogP contribution in [0.15, 0.2) is 30.3 Å². The number of hydrogen-bond donors (Lipinski definition) is 0. The van der Waals surface area contributed by atoms with Crippen molar-refractivity contribution in [2.24, 2.45) is 0 Å². The van der Waals surface area contributed by atoms with Crippen LogP contribution in [0, 0.1) is 0 Å². The van der Waals surface area contributed by atoms with E-state index in [4.69, 9.17) is 4.74 Å². The monoisotopic (exact) mass is 234 g/mol. The Kier molecular flexibility index (Phi) is 7.74. The lowest BCUT2D eigenvalue weighted by Gasteiger charge is -2.13. The standard InChI is InChI=1S/C16H26O/c1-3-4-5-6-10-13-17-15(2)14-16-11-8-7-9-12-16/h7-9,11-12,15H,3-6,10,13-14H2,1-2H3. The zero-order valence-electron chi connectivity index (χ0n) is 11.3. The second-order valence-electron chi connectivity index (χ2n) is 4.79. The topological polar surface area (TPSA) is 9.23 Å². The van der Waals surface area contributed by atoms with Gasteiger partial charge in [-0.15, -0.1) is 0 Å². The molecule has 1 heteroatoms. The molecular formula is C16H26O. The Balaban J connectivity index is 2.03. The SMILES string of the molecule is CCCCCCCOC(C)Cc1ccccc1. The fourth-order valence-electron chi connectivity index (χ4n) is 2.00. The zero-order valence-corrected chi connectivity index (χ0v) is 11.3. The molecule has 0 bridgehead atoms. The van der Waals surface area contributed by atoms with Crippen LogP contribution in [-0.2, 0) is 11.2 Å². The van der Waals surface area contributed by atoms with Gasteiger partial charge in [0, 0.05) is 6.61 Å². The summed E-state index contributed by atoms with van der Waals surface area (Å²) in [6.45, 7) is 5.33. The second-order valence-corrected chi connectivity index (χ2v) is 4.79. The van der Waals surface area contributed by atoms with Gasteiger partial charge in [-0.3, -0.25) is 0 Å². The first-order valence-corrected chi connectivity index (χ1v) is 6.98. The van der Waals surface area contributed by atoms with Crippen molar-refractivity contribution in [3.05, 3.63) is 35.9 Å². The lowest BCUT2D eigenvalue weighted by atomic mass is 10.1. The zero-order chi connectivity index (χ0) is 12.3. The van der Waals surface area contributed by atoms with E-state index in [0.29, 0.717) is 6.10 Å². The van der Waals surface area contributed by atoms with Gasteiger partial charge < -0.3 is 4.74 Å². The van der Waals surface area contributed by atoms with Crippen molar-refractivity contribution in [2.75, 3.05) is 6.61 Å². The molecule has 96 valence electrons. The third-order valence-electron chi connectivity index (χ3n) is 3.02. The Morgan fingerprint density at radius 2 is 1.71 bits per heavy atom. The molecule has 0 saturated heterocycles. The van der Waals surface area contributed by atoms with E-state index in [1.54, 1.807) is 0 Å². The van der Waals surface area contributed by atoms with Crippen LogP contribution in [0.2, 0.25) is 0 Å². The molecule has 0 amide bonds. The third kappa shape index (κ3) is 7.17. The molecule has 0 aliphatic heterocycles. The van der Waals surface area contributed by atoms with Crippen molar-refractivity contribution in [3.63, 3.8) is 0 Å². The van der Waals surface area contributed by atoms with Gasteiger partial charge in [0.2, 0.25) is 0 Å². The maximum atomic E-state index is 5.83. The van der Waals surface area contributed by atoms with Gasteiger partial charge in [0.05, 0.1) is 6.10 Å². The molecule has 1 nitrogen and oxygen atoms in total. The summed E-state index contributed by atoms with van der Waals surface area (Å²) in [6, 6.07) is 10.6. The van der Waals surface area contributed by atoms with E-state index < -0.39 is 0 Å². The van der Waals surface area contributed by atoms with E-state index in [1.165, 1.54) is 37.7 Å². The van der Waals surface area contributed by atoms with Gasteiger partial charge in [0.15, 0.2) is 0 Å². The number of hydrogen-bond acceptors (Lipinski definition) is 1. The summed E-state index contributed by atoms with van der Waals surface area (Å²) in [4.78, 5) is 0. The summed E-state index contributed by atoms with van der Waals surface area (Å²) in [5.74, 6) is 0. The largest absolute Gasteiger partial charge is 0.378 e. The molecule has 0 radical (unpaired) electrons. The van der Waals surface area contributed by atoms with Gasteiger partial charge in [-0.2, -0.15) is 0 Å². The molecule has 0 fully saturated rings. The van der Waals surface area contributed by atoms with Crippen molar-refractivity contribution in [3.8, 4) is 0 Å². The molecule has 1 atom stereocenters. The second kappa shape index (κ2) is 9.23. The molecule has 17 heavy (non-hydrogen) atoms. The highest BCUT2D eigenvalue weighted by molar-refractivity contribution is 5.15. The highest BCUT2D eigenvalue weighted by atomic mass is 16.5. The minimum Gasteiger partial charge on any atom is -0.378 e.